The van der Waals surface area contributed by atoms with Crippen LogP contribution in [0.3, 0.4) is 0 Å². The van der Waals surface area contributed by atoms with Crippen LogP contribution in [0, 0.1) is 0 Å². The summed E-state index contributed by atoms with van der Waals surface area (Å²) >= 11 is 0. The number of carbonyl (C=O) groups is 1. The Labute approximate surface area is 119 Å². The number of nitrogens with zero attached hydrogens (tertiary/aromatic N) is 1. The fourth-order valence-corrected chi connectivity index (χ4v) is 2.45. The lowest BCUT2D eigenvalue weighted by Crippen LogP contribution is -2.37. The fraction of sp³-hybridized carbons (Fsp3) is 0.417. The average molecular weight is 300 g/mol. The van der Waals surface area contributed by atoms with E-state index in [1.165, 1.54) is 12.1 Å². The molecule has 0 bridgehead atoms. The van der Waals surface area contributed by atoms with E-state index in [9.17, 15) is 13.2 Å². The minimum absolute atomic E-state index is 0.0688. The van der Waals surface area contributed by atoms with Gasteiger partial charge < -0.3 is 16.0 Å². The van der Waals surface area contributed by atoms with E-state index < -0.39 is 10.0 Å². The molecule has 1 aromatic rings. The Balaban J connectivity index is 3.01. The van der Waals surface area contributed by atoms with Gasteiger partial charge in [0.2, 0.25) is 15.9 Å². The van der Waals surface area contributed by atoms with Gasteiger partial charge in [0.1, 0.15) is 4.90 Å². The first kappa shape index (κ1) is 16.3. The highest BCUT2D eigenvalue weighted by Crippen LogP contribution is 2.23. The summed E-state index contributed by atoms with van der Waals surface area (Å²) in [7, 11) is -3.84. The molecule has 112 valence electrons. The zero-order chi connectivity index (χ0) is 15.3. The van der Waals surface area contributed by atoms with Crippen molar-refractivity contribution in [2.75, 3.05) is 30.3 Å². The lowest BCUT2D eigenvalue weighted by molar-refractivity contribution is -0.119. The summed E-state index contributed by atoms with van der Waals surface area (Å²) in [6.07, 6.45) is 0. The Morgan fingerprint density at radius 3 is 2.45 bits per heavy atom. The zero-order valence-corrected chi connectivity index (χ0v) is 12.4. The first-order valence-electron chi connectivity index (χ1n) is 6.23. The van der Waals surface area contributed by atoms with Crippen LogP contribution in [0.15, 0.2) is 23.1 Å². The normalized spacial score (nSPS) is 11.2. The van der Waals surface area contributed by atoms with E-state index in [-0.39, 0.29) is 23.0 Å². The van der Waals surface area contributed by atoms with E-state index in [1.807, 2.05) is 13.8 Å². The Morgan fingerprint density at radius 2 is 2.00 bits per heavy atom. The summed E-state index contributed by atoms with van der Waals surface area (Å²) in [4.78, 5) is 13.3. The van der Waals surface area contributed by atoms with Crippen molar-refractivity contribution in [2.24, 2.45) is 5.14 Å². The molecule has 0 atom stereocenters. The number of rotatable bonds is 6. The molecule has 5 N–H and O–H groups in total. The molecule has 8 heteroatoms. The maximum Gasteiger partial charge on any atom is 0.240 e. The van der Waals surface area contributed by atoms with Crippen molar-refractivity contribution in [3.05, 3.63) is 18.2 Å². The fourth-order valence-electron chi connectivity index (χ4n) is 1.80. The van der Waals surface area contributed by atoms with Crippen LogP contribution in [0.1, 0.15) is 13.8 Å². The Morgan fingerprint density at radius 1 is 1.35 bits per heavy atom. The number of anilines is 2. The second-order valence-corrected chi connectivity index (χ2v) is 5.76. The minimum Gasteiger partial charge on any atom is -0.398 e. The van der Waals surface area contributed by atoms with Gasteiger partial charge in [0.05, 0.1) is 12.2 Å². The van der Waals surface area contributed by atoms with Crippen LogP contribution >= 0.6 is 0 Å². The summed E-state index contributed by atoms with van der Waals surface area (Å²) in [6, 6.07) is 4.43. The molecular weight excluding hydrogens is 280 g/mol. The molecule has 0 radical (unpaired) electrons. The highest BCUT2D eigenvalue weighted by molar-refractivity contribution is 7.89. The monoisotopic (exact) mass is 300 g/mol. The van der Waals surface area contributed by atoms with Crippen molar-refractivity contribution < 1.29 is 13.2 Å². The van der Waals surface area contributed by atoms with Crippen molar-refractivity contribution in [2.45, 2.75) is 18.7 Å². The zero-order valence-electron chi connectivity index (χ0n) is 11.6. The van der Waals surface area contributed by atoms with Crippen LogP contribution in [0.5, 0.6) is 0 Å². The highest BCUT2D eigenvalue weighted by Gasteiger charge is 2.15. The lowest BCUT2D eigenvalue weighted by Gasteiger charge is -2.23. The largest absolute Gasteiger partial charge is 0.398 e. The van der Waals surface area contributed by atoms with Crippen molar-refractivity contribution in [1.29, 1.82) is 0 Å². The lowest BCUT2D eigenvalue weighted by atomic mass is 10.2. The number of hydrogen-bond donors (Lipinski definition) is 3. The molecule has 0 saturated carbocycles. The topological polar surface area (TPSA) is 119 Å². The third-order valence-electron chi connectivity index (χ3n) is 2.76. The van der Waals surface area contributed by atoms with Gasteiger partial charge in [-0.3, -0.25) is 4.79 Å². The van der Waals surface area contributed by atoms with Crippen molar-refractivity contribution in [1.82, 2.24) is 5.32 Å². The molecule has 0 aliphatic heterocycles. The van der Waals surface area contributed by atoms with E-state index >= 15 is 0 Å². The molecule has 0 aliphatic rings. The molecule has 0 unspecified atom stereocenters. The van der Waals surface area contributed by atoms with Gasteiger partial charge in [-0.25, -0.2) is 13.6 Å². The molecule has 1 rings (SSSR count). The van der Waals surface area contributed by atoms with Gasteiger partial charge in [0.25, 0.3) is 0 Å². The molecule has 0 aromatic heterocycles. The van der Waals surface area contributed by atoms with Gasteiger partial charge in [0.15, 0.2) is 0 Å². The van der Waals surface area contributed by atoms with Crippen LogP contribution in [-0.4, -0.2) is 34.0 Å². The summed E-state index contributed by atoms with van der Waals surface area (Å²) in [6.45, 7) is 5.06. The van der Waals surface area contributed by atoms with Crippen LogP contribution in [0.2, 0.25) is 0 Å². The van der Waals surface area contributed by atoms with Gasteiger partial charge in [-0.2, -0.15) is 0 Å². The number of nitrogens with one attached hydrogen (secondary N) is 1. The SMILES string of the molecule is CCNC(=O)CN(CC)c1ccc(S(N)(=O)=O)c(N)c1. The van der Waals surface area contributed by atoms with E-state index in [2.05, 4.69) is 5.32 Å². The molecule has 7 nitrogen and oxygen atoms in total. The number of nitrogen functional groups attached to an aromatic ring is 1. The molecule has 1 aromatic carbocycles. The smallest absolute Gasteiger partial charge is 0.240 e. The van der Waals surface area contributed by atoms with Gasteiger partial charge in [0, 0.05) is 18.8 Å². The first-order chi connectivity index (χ1) is 9.29. The van der Waals surface area contributed by atoms with E-state index in [0.717, 1.165) is 0 Å². The molecule has 0 spiro atoms. The third kappa shape index (κ3) is 4.10. The number of primary sulfonamides is 1. The minimum atomic E-state index is -3.84. The number of nitrogens with two attached hydrogens (primary N) is 2. The molecular formula is C12H20N4O3S. The maximum absolute atomic E-state index is 11.6. The first-order valence-corrected chi connectivity index (χ1v) is 7.78. The number of benzene rings is 1. The Kier molecular flexibility index (Phi) is 5.34. The second-order valence-electron chi connectivity index (χ2n) is 4.23. The molecule has 0 aliphatic carbocycles. The summed E-state index contributed by atoms with van der Waals surface area (Å²) in [5.74, 6) is -0.108. The van der Waals surface area contributed by atoms with Crippen LogP contribution in [0.4, 0.5) is 11.4 Å². The number of sulfonamides is 1. The molecule has 0 heterocycles. The number of hydrogen-bond acceptors (Lipinski definition) is 5. The van der Waals surface area contributed by atoms with Gasteiger partial charge in [-0.05, 0) is 32.0 Å². The van der Waals surface area contributed by atoms with E-state index in [4.69, 9.17) is 10.9 Å². The van der Waals surface area contributed by atoms with Crippen LogP contribution < -0.4 is 21.1 Å². The maximum atomic E-state index is 11.6. The average Bonchev–Trinajstić information content (AvgIpc) is 2.34. The summed E-state index contributed by atoms with van der Waals surface area (Å²) < 4.78 is 22.6. The number of carbonyl (C=O) groups excluding carboxylic acids is 1. The van der Waals surface area contributed by atoms with Gasteiger partial charge in [-0.15, -0.1) is 0 Å². The van der Waals surface area contributed by atoms with Gasteiger partial charge in [-0.1, -0.05) is 0 Å². The molecule has 0 saturated heterocycles. The van der Waals surface area contributed by atoms with Crippen LogP contribution in [0.25, 0.3) is 0 Å². The summed E-state index contributed by atoms with van der Waals surface area (Å²) in [5.41, 5.74) is 6.44. The Hall–Kier alpha value is -1.80. The predicted octanol–water partition coefficient (Wildman–Crippen LogP) is -0.121. The summed E-state index contributed by atoms with van der Waals surface area (Å²) in [5, 5.41) is 7.75. The highest BCUT2D eigenvalue weighted by atomic mass is 32.2. The van der Waals surface area contributed by atoms with Gasteiger partial charge >= 0.3 is 0 Å². The Bertz CT molecular complexity index is 586. The standard InChI is InChI=1S/C12H20N4O3S/c1-3-15-12(17)8-16(4-2)9-5-6-11(10(13)7-9)20(14,18)19/h5-7H,3-4,8,13H2,1-2H3,(H,15,17)(H2,14,18,19). The predicted molar refractivity (Wildman–Crippen MR) is 78.8 cm³/mol. The third-order valence-corrected chi connectivity index (χ3v) is 3.74. The van der Waals surface area contributed by atoms with Crippen molar-refractivity contribution in [3.63, 3.8) is 0 Å². The second kappa shape index (κ2) is 6.58. The van der Waals surface area contributed by atoms with E-state index in [0.29, 0.717) is 18.8 Å². The molecule has 1 amide bonds. The number of amides is 1. The quantitative estimate of drug-likeness (QED) is 0.633. The molecule has 0 fully saturated rings. The van der Waals surface area contributed by atoms with Crippen molar-refractivity contribution in [3.8, 4) is 0 Å². The van der Waals surface area contributed by atoms with Crippen LogP contribution in [-0.2, 0) is 14.8 Å². The number of likely N-dealkylation sites (N-methyl/N-ethyl adjacent to an activating group) is 2. The van der Waals surface area contributed by atoms with Crippen molar-refractivity contribution >= 4 is 27.3 Å². The van der Waals surface area contributed by atoms with E-state index in [1.54, 1.807) is 11.0 Å². The molecule has 20 heavy (non-hydrogen) atoms.